The van der Waals surface area contributed by atoms with Crippen LogP contribution in [-0.4, -0.2) is 20.1 Å². The number of pyridine rings is 1. The van der Waals surface area contributed by atoms with Gasteiger partial charge in [-0.3, -0.25) is 19.9 Å². The lowest BCUT2D eigenvalue weighted by Gasteiger charge is -2.60. The summed E-state index contributed by atoms with van der Waals surface area (Å²) in [5.74, 6) is 1.31. The molecule has 0 aromatic carbocycles. The van der Waals surface area contributed by atoms with Gasteiger partial charge in [0.25, 0.3) is 0 Å². The monoisotopic (exact) mass is 393 g/mol. The third-order valence-electron chi connectivity index (χ3n) is 5.92. The molecule has 0 radical (unpaired) electrons. The lowest BCUT2D eigenvalue weighted by Crippen LogP contribution is -2.53. The van der Waals surface area contributed by atoms with E-state index in [0.717, 1.165) is 19.3 Å². The Balaban J connectivity index is 1.50. The molecule has 4 saturated carbocycles. The Morgan fingerprint density at radius 2 is 2.08 bits per heavy atom. The van der Waals surface area contributed by atoms with Crippen molar-refractivity contribution in [1.82, 2.24) is 4.98 Å². The summed E-state index contributed by atoms with van der Waals surface area (Å²) in [6, 6.07) is 1.49. The van der Waals surface area contributed by atoms with Gasteiger partial charge in [-0.25, -0.2) is 0 Å². The number of nitro groups is 1. The zero-order valence-electron chi connectivity index (χ0n) is 13.3. The van der Waals surface area contributed by atoms with E-state index in [1.807, 2.05) is 0 Å². The van der Waals surface area contributed by atoms with Gasteiger partial charge in [0.05, 0.1) is 4.92 Å². The van der Waals surface area contributed by atoms with Gasteiger partial charge in [-0.2, -0.15) is 0 Å². The lowest BCUT2D eigenvalue weighted by molar-refractivity contribution is -0.384. The van der Waals surface area contributed by atoms with E-state index in [1.54, 1.807) is 0 Å². The van der Waals surface area contributed by atoms with E-state index >= 15 is 0 Å². The first-order valence-electron chi connectivity index (χ1n) is 8.44. The normalized spacial score (nSPS) is 36.5. The summed E-state index contributed by atoms with van der Waals surface area (Å²) >= 11 is 3.95. The summed E-state index contributed by atoms with van der Waals surface area (Å²) in [6.45, 7) is 0. The van der Waals surface area contributed by atoms with Crippen molar-refractivity contribution < 1.29 is 9.72 Å². The number of halogens is 1. The maximum Gasteiger partial charge on any atom is 0.310 e. The van der Waals surface area contributed by atoms with Gasteiger partial charge in [0.1, 0.15) is 11.9 Å². The predicted octanol–water partition coefficient (Wildman–Crippen LogP) is 4.05. The van der Waals surface area contributed by atoms with Crippen LogP contribution in [0.1, 0.15) is 44.9 Å². The number of hydrogen-bond acceptors (Lipinski definition) is 4. The van der Waals surface area contributed by atoms with Crippen LogP contribution in [0.3, 0.4) is 0 Å². The minimum absolute atomic E-state index is 0.0550. The molecule has 0 saturated heterocycles. The van der Waals surface area contributed by atoms with Crippen LogP contribution in [0.25, 0.3) is 0 Å². The van der Waals surface area contributed by atoms with E-state index < -0.39 is 4.92 Å². The average molecular weight is 394 g/mol. The first-order valence-corrected chi connectivity index (χ1v) is 9.23. The van der Waals surface area contributed by atoms with Crippen LogP contribution in [-0.2, 0) is 4.79 Å². The van der Waals surface area contributed by atoms with Crippen LogP contribution < -0.4 is 5.32 Å². The third-order valence-corrected chi connectivity index (χ3v) is 6.85. The summed E-state index contributed by atoms with van der Waals surface area (Å²) in [4.78, 5) is 26.9. The number of anilines is 1. The van der Waals surface area contributed by atoms with Crippen LogP contribution >= 0.6 is 15.9 Å². The van der Waals surface area contributed by atoms with E-state index in [4.69, 9.17) is 0 Å². The molecule has 2 atom stereocenters. The highest BCUT2D eigenvalue weighted by molar-refractivity contribution is 9.10. The minimum Gasteiger partial charge on any atom is -0.320 e. The number of nitrogens with zero attached hydrogens (tertiary/aromatic N) is 2. The summed E-state index contributed by atoms with van der Waals surface area (Å²) in [7, 11) is 0. The van der Waals surface area contributed by atoms with Gasteiger partial charge in [-0.15, -0.1) is 0 Å². The number of carbonyl (C=O) groups excluding carboxylic acids is 1. The molecule has 0 aliphatic heterocycles. The van der Waals surface area contributed by atoms with Crippen molar-refractivity contribution in [3.63, 3.8) is 0 Å². The quantitative estimate of drug-likeness (QED) is 0.474. The number of amides is 1. The van der Waals surface area contributed by atoms with Gasteiger partial charge in [0.2, 0.25) is 5.91 Å². The second kappa shape index (κ2) is 5.51. The molecule has 1 aromatic rings. The number of hydrogen-bond donors (Lipinski definition) is 1. The van der Waals surface area contributed by atoms with Gasteiger partial charge in [-0.05, 0) is 61.8 Å². The SMILES string of the molecule is O=C(CC12CC3CC(CC(Br)(C3)C1)C2)Nc1ccncc1[N+](=O)[O-]. The molecule has 6 nitrogen and oxygen atoms in total. The highest BCUT2D eigenvalue weighted by Gasteiger charge is 2.57. The van der Waals surface area contributed by atoms with E-state index in [0.29, 0.717) is 18.3 Å². The summed E-state index contributed by atoms with van der Waals surface area (Å²) in [5, 5.41) is 13.8. The van der Waals surface area contributed by atoms with Crippen molar-refractivity contribution in [3.05, 3.63) is 28.6 Å². The first-order chi connectivity index (χ1) is 11.4. The van der Waals surface area contributed by atoms with E-state index in [1.165, 1.54) is 37.7 Å². The second-order valence-electron chi connectivity index (χ2n) is 7.99. The molecule has 0 spiro atoms. The fraction of sp³-hybridized carbons (Fsp3) is 0.647. The van der Waals surface area contributed by atoms with Crippen molar-refractivity contribution >= 4 is 33.2 Å². The van der Waals surface area contributed by atoms with Gasteiger partial charge < -0.3 is 5.32 Å². The van der Waals surface area contributed by atoms with Crippen molar-refractivity contribution in [3.8, 4) is 0 Å². The first kappa shape index (κ1) is 16.0. The van der Waals surface area contributed by atoms with E-state index in [2.05, 4.69) is 26.2 Å². The fourth-order valence-corrected chi connectivity index (χ4v) is 7.23. The van der Waals surface area contributed by atoms with Crippen molar-refractivity contribution in [2.24, 2.45) is 17.3 Å². The Hall–Kier alpha value is -1.50. The Morgan fingerprint density at radius 3 is 2.71 bits per heavy atom. The molecule has 1 heterocycles. The molecule has 1 aromatic heterocycles. The zero-order valence-corrected chi connectivity index (χ0v) is 14.9. The predicted molar refractivity (Wildman–Crippen MR) is 92.9 cm³/mol. The van der Waals surface area contributed by atoms with Gasteiger partial charge in [0.15, 0.2) is 0 Å². The van der Waals surface area contributed by atoms with Crippen molar-refractivity contribution in [2.75, 3.05) is 5.32 Å². The third kappa shape index (κ3) is 2.83. The zero-order chi connectivity index (χ0) is 16.9. The maximum atomic E-state index is 12.6. The van der Waals surface area contributed by atoms with Crippen LogP contribution in [0.4, 0.5) is 11.4 Å². The summed E-state index contributed by atoms with van der Waals surface area (Å²) in [5.41, 5.74) is 0.131. The summed E-state index contributed by atoms with van der Waals surface area (Å²) < 4.78 is 0.208. The molecular formula is C17H20BrN3O3. The van der Waals surface area contributed by atoms with Crippen molar-refractivity contribution in [1.29, 1.82) is 0 Å². The minimum atomic E-state index is -0.513. The topological polar surface area (TPSA) is 85.1 Å². The van der Waals surface area contributed by atoms with Gasteiger partial charge >= 0.3 is 5.69 Å². The second-order valence-corrected chi connectivity index (χ2v) is 9.67. The molecule has 4 aliphatic carbocycles. The van der Waals surface area contributed by atoms with Gasteiger partial charge in [0, 0.05) is 16.9 Å². The van der Waals surface area contributed by atoms with Crippen LogP contribution in [0, 0.1) is 27.4 Å². The van der Waals surface area contributed by atoms with E-state index in [9.17, 15) is 14.9 Å². The average Bonchev–Trinajstić information content (AvgIpc) is 2.43. The molecule has 1 amide bonds. The summed E-state index contributed by atoms with van der Waals surface area (Å²) in [6.07, 6.45) is 10.1. The number of alkyl halides is 1. The highest BCUT2D eigenvalue weighted by Crippen LogP contribution is 2.65. The molecule has 7 heteroatoms. The maximum absolute atomic E-state index is 12.6. The molecule has 128 valence electrons. The van der Waals surface area contributed by atoms with Crippen LogP contribution in [0.15, 0.2) is 18.5 Å². The molecule has 4 bridgehead atoms. The number of aromatic nitrogens is 1. The lowest BCUT2D eigenvalue weighted by atomic mass is 9.48. The molecule has 4 fully saturated rings. The largest absolute Gasteiger partial charge is 0.320 e. The number of rotatable bonds is 4. The van der Waals surface area contributed by atoms with Gasteiger partial charge in [-0.1, -0.05) is 15.9 Å². The fourth-order valence-electron chi connectivity index (χ4n) is 5.72. The molecule has 5 rings (SSSR count). The Morgan fingerprint density at radius 1 is 1.38 bits per heavy atom. The Bertz CT molecular complexity index is 694. The molecule has 2 unspecified atom stereocenters. The number of nitrogens with one attached hydrogen (secondary N) is 1. The van der Waals surface area contributed by atoms with Crippen LogP contribution in [0.5, 0.6) is 0 Å². The Labute approximate surface area is 148 Å². The smallest absolute Gasteiger partial charge is 0.310 e. The Kier molecular flexibility index (Phi) is 3.67. The molecule has 1 N–H and O–H groups in total. The van der Waals surface area contributed by atoms with Crippen molar-refractivity contribution in [2.45, 2.75) is 49.3 Å². The highest BCUT2D eigenvalue weighted by atomic mass is 79.9. The molecular weight excluding hydrogens is 374 g/mol. The number of carbonyl (C=O) groups is 1. The molecule has 4 aliphatic rings. The molecule has 24 heavy (non-hydrogen) atoms. The van der Waals surface area contributed by atoms with Crippen LogP contribution in [0.2, 0.25) is 0 Å². The standard InChI is InChI=1S/C17H20BrN3O3/c18-17-6-11-3-12(7-17)5-16(4-11,10-17)8-15(22)20-13-1-2-19-9-14(13)21(23)24/h1-2,9,11-12H,3-8,10H2,(H,19,20,22). The van der Waals surface area contributed by atoms with E-state index in [-0.39, 0.29) is 27.0 Å².